The molecule has 0 fully saturated rings. The van der Waals surface area contributed by atoms with Crippen molar-refractivity contribution in [1.82, 2.24) is 0 Å². The number of phenolic OH excluding ortho intramolecular Hbond substituents is 1. The molecule has 0 saturated heterocycles. The van der Waals surface area contributed by atoms with Crippen molar-refractivity contribution >= 4 is 28.2 Å². The van der Waals surface area contributed by atoms with Crippen LogP contribution in [0.1, 0.15) is 35.3 Å². The number of hydrogen-bond acceptors (Lipinski definition) is 3. The van der Waals surface area contributed by atoms with Crippen LogP contribution in [0.3, 0.4) is 0 Å². The third kappa shape index (κ3) is 2.37. The number of benzene rings is 4. The lowest BCUT2D eigenvalue weighted by Crippen LogP contribution is -2.15. The third-order valence-electron chi connectivity index (χ3n) is 6.65. The highest BCUT2D eigenvalue weighted by Crippen LogP contribution is 2.53. The standard InChI is InChI=1S/C28H20O3/c1-28(2)22-11-12-25-27(21-5-3-4-6-24(21)31-25)26(22)20-9-7-16(14-23(20)28)19-10-8-18(30)13-17(19)15-29/h3-15,30H,1-2H3. The molecule has 4 aromatic carbocycles. The molecule has 0 unspecified atom stereocenters. The van der Waals surface area contributed by atoms with Gasteiger partial charge in [0.2, 0.25) is 0 Å². The van der Waals surface area contributed by atoms with Gasteiger partial charge in [0.1, 0.15) is 16.9 Å². The van der Waals surface area contributed by atoms with Crippen molar-refractivity contribution in [2.24, 2.45) is 0 Å². The number of rotatable bonds is 2. The summed E-state index contributed by atoms with van der Waals surface area (Å²) in [7, 11) is 0. The second kappa shape index (κ2) is 6.08. The summed E-state index contributed by atoms with van der Waals surface area (Å²) >= 11 is 0. The maximum atomic E-state index is 11.6. The monoisotopic (exact) mass is 404 g/mol. The number of fused-ring (bicyclic) bond motifs is 7. The molecule has 6 rings (SSSR count). The number of aldehydes is 1. The van der Waals surface area contributed by atoms with Crippen LogP contribution in [0, 0.1) is 0 Å². The van der Waals surface area contributed by atoms with E-state index in [0.29, 0.717) is 5.56 Å². The molecule has 5 aromatic rings. The smallest absolute Gasteiger partial charge is 0.150 e. The summed E-state index contributed by atoms with van der Waals surface area (Å²) in [6, 6.07) is 23.8. The van der Waals surface area contributed by atoms with Crippen molar-refractivity contribution in [3.05, 3.63) is 89.5 Å². The molecule has 3 nitrogen and oxygen atoms in total. The molecule has 0 bridgehead atoms. The van der Waals surface area contributed by atoms with Crippen molar-refractivity contribution in [3.63, 3.8) is 0 Å². The Labute approximate surface area is 179 Å². The van der Waals surface area contributed by atoms with Gasteiger partial charge in [-0.3, -0.25) is 4.79 Å². The van der Waals surface area contributed by atoms with E-state index in [-0.39, 0.29) is 11.2 Å². The molecule has 0 radical (unpaired) electrons. The van der Waals surface area contributed by atoms with E-state index in [1.807, 2.05) is 18.2 Å². The van der Waals surface area contributed by atoms with E-state index in [1.165, 1.54) is 28.3 Å². The minimum Gasteiger partial charge on any atom is -0.508 e. The van der Waals surface area contributed by atoms with E-state index in [2.05, 4.69) is 50.2 Å². The van der Waals surface area contributed by atoms with Crippen LogP contribution < -0.4 is 0 Å². The Morgan fingerprint density at radius 2 is 1.65 bits per heavy atom. The van der Waals surface area contributed by atoms with Gasteiger partial charge in [-0.15, -0.1) is 0 Å². The first-order chi connectivity index (χ1) is 15.0. The zero-order valence-corrected chi connectivity index (χ0v) is 17.3. The summed E-state index contributed by atoms with van der Waals surface area (Å²) in [6.45, 7) is 4.49. The maximum absolute atomic E-state index is 11.6. The fourth-order valence-corrected chi connectivity index (χ4v) is 5.12. The Morgan fingerprint density at radius 3 is 2.48 bits per heavy atom. The van der Waals surface area contributed by atoms with Crippen molar-refractivity contribution < 1.29 is 14.3 Å². The molecular formula is C28H20O3. The molecule has 1 aliphatic rings. The normalized spacial score (nSPS) is 14.0. The van der Waals surface area contributed by atoms with Crippen molar-refractivity contribution in [1.29, 1.82) is 0 Å². The highest BCUT2D eigenvalue weighted by atomic mass is 16.3. The Morgan fingerprint density at radius 1 is 0.839 bits per heavy atom. The number of carbonyl (C=O) groups is 1. The number of furan rings is 1. The van der Waals surface area contributed by atoms with E-state index in [0.717, 1.165) is 39.4 Å². The molecule has 1 aliphatic carbocycles. The average Bonchev–Trinajstić information content (AvgIpc) is 3.26. The van der Waals surface area contributed by atoms with Gasteiger partial charge in [0.05, 0.1) is 0 Å². The minimum atomic E-state index is -0.189. The van der Waals surface area contributed by atoms with Crippen LogP contribution in [0.15, 0.2) is 77.2 Å². The summed E-state index contributed by atoms with van der Waals surface area (Å²) in [5.41, 5.74) is 8.81. The maximum Gasteiger partial charge on any atom is 0.150 e. The van der Waals surface area contributed by atoms with E-state index in [1.54, 1.807) is 12.1 Å². The van der Waals surface area contributed by atoms with Crippen LogP contribution in [-0.4, -0.2) is 11.4 Å². The molecule has 1 aromatic heterocycles. The summed E-state index contributed by atoms with van der Waals surface area (Å²) in [5.74, 6) is 0.0916. The molecular weight excluding hydrogens is 384 g/mol. The largest absolute Gasteiger partial charge is 0.508 e. The topological polar surface area (TPSA) is 50.4 Å². The fourth-order valence-electron chi connectivity index (χ4n) is 5.12. The van der Waals surface area contributed by atoms with Gasteiger partial charge in [-0.25, -0.2) is 0 Å². The van der Waals surface area contributed by atoms with Crippen LogP contribution >= 0.6 is 0 Å². The van der Waals surface area contributed by atoms with Gasteiger partial charge >= 0.3 is 0 Å². The van der Waals surface area contributed by atoms with Crippen LogP contribution in [0.5, 0.6) is 5.75 Å². The molecule has 1 heterocycles. The second-order valence-corrected chi connectivity index (χ2v) is 8.73. The fraction of sp³-hybridized carbons (Fsp3) is 0.107. The van der Waals surface area contributed by atoms with Crippen LogP contribution in [0.2, 0.25) is 0 Å². The quantitative estimate of drug-likeness (QED) is 0.320. The highest BCUT2D eigenvalue weighted by molar-refractivity contribution is 6.15. The number of carbonyl (C=O) groups excluding carboxylic acids is 1. The summed E-state index contributed by atoms with van der Waals surface area (Å²) in [6.07, 6.45) is 0.795. The molecule has 3 heteroatoms. The zero-order valence-electron chi connectivity index (χ0n) is 17.3. The first-order valence-corrected chi connectivity index (χ1v) is 10.4. The molecule has 0 saturated carbocycles. The first-order valence-electron chi connectivity index (χ1n) is 10.4. The first kappa shape index (κ1) is 18.0. The Bertz CT molecular complexity index is 1540. The number of para-hydroxylation sites is 1. The number of hydrogen-bond donors (Lipinski definition) is 1. The molecule has 0 spiro atoms. The van der Waals surface area contributed by atoms with Crippen molar-refractivity contribution in [3.8, 4) is 28.0 Å². The Hall–Kier alpha value is -3.85. The molecule has 150 valence electrons. The number of phenols is 1. The lowest BCUT2D eigenvalue weighted by molar-refractivity contribution is 0.112. The molecule has 1 N–H and O–H groups in total. The molecule has 0 amide bonds. The van der Waals surface area contributed by atoms with E-state index < -0.39 is 0 Å². The SMILES string of the molecule is CC1(C)c2cc(-c3ccc(O)cc3C=O)ccc2-c2c1ccc1oc3ccccc3c21. The minimum absolute atomic E-state index is 0.0916. The van der Waals surface area contributed by atoms with Crippen LogP contribution in [0.4, 0.5) is 0 Å². The summed E-state index contributed by atoms with van der Waals surface area (Å²) < 4.78 is 6.13. The van der Waals surface area contributed by atoms with Crippen molar-refractivity contribution in [2.75, 3.05) is 0 Å². The average molecular weight is 404 g/mol. The van der Waals surface area contributed by atoms with Crippen LogP contribution in [0.25, 0.3) is 44.2 Å². The molecule has 0 aliphatic heterocycles. The lowest BCUT2D eigenvalue weighted by atomic mass is 9.81. The molecule has 31 heavy (non-hydrogen) atoms. The molecule has 0 atom stereocenters. The third-order valence-corrected chi connectivity index (χ3v) is 6.65. The predicted molar refractivity (Wildman–Crippen MR) is 124 cm³/mol. The summed E-state index contributed by atoms with van der Waals surface area (Å²) in [5, 5.41) is 12.1. The van der Waals surface area contributed by atoms with Gasteiger partial charge in [-0.05, 0) is 69.8 Å². The zero-order chi connectivity index (χ0) is 21.3. The van der Waals surface area contributed by atoms with E-state index in [4.69, 9.17) is 4.42 Å². The van der Waals surface area contributed by atoms with E-state index >= 15 is 0 Å². The van der Waals surface area contributed by atoms with Gasteiger partial charge in [0.15, 0.2) is 6.29 Å². The lowest BCUT2D eigenvalue weighted by Gasteiger charge is -2.22. The predicted octanol–water partition coefficient (Wildman–Crippen LogP) is 7.08. The Balaban J connectivity index is 1.65. The van der Waals surface area contributed by atoms with Gasteiger partial charge in [0, 0.05) is 21.8 Å². The number of aromatic hydroxyl groups is 1. The Kier molecular flexibility index (Phi) is 3.52. The van der Waals surface area contributed by atoms with Gasteiger partial charge in [-0.2, -0.15) is 0 Å². The highest BCUT2D eigenvalue weighted by Gasteiger charge is 2.37. The van der Waals surface area contributed by atoms with Crippen LogP contribution in [-0.2, 0) is 5.41 Å². The second-order valence-electron chi connectivity index (χ2n) is 8.73. The van der Waals surface area contributed by atoms with Gasteiger partial charge in [-0.1, -0.05) is 50.2 Å². The van der Waals surface area contributed by atoms with Gasteiger partial charge < -0.3 is 9.52 Å². The summed E-state index contributed by atoms with van der Waals surface area (Å²) in [4.78, 5) is 11.6. The van der Waals surface area contributed by atoms with Crippen molar-refractivity contribution in [2.45, 2.75) is 19.3 Å². The van der Waals surface area contributed by atoms with Gasteiger partial charge in [0.25, 0.3) is 0 Å². The van der Waals surface area contributed by atoms with E-state index in [9.17, 15) is 9.90 Å².